The Kier molecular flexibility index (Phi) is 6.38. The number of nitrogens with one attached hydrogen (secondary N) is 2. The Hall–Kier alpha value is -1.62. The summed E-state index contributed by atoms with van der Waals surface area (Å²) >= 11 is 0. The third-order valence-electron chi connectivity index (χ3n) is 6.26. The average molecular weight is 428 g/mol. The van der Waals surface area contributed by atoms with E-state index in [1.807, 2.05) is 13.2 Å². The predicted molar refractivity (Wildman–Crippen MR) is 103 cm³/mol. The number of fused-ring (bicyclic) bond motifs is 1. The number of amides is 1. The second kappa shape index (κ2) is 8.86. The summed E-state index contributed by atoms with van der Waals surface area (Å²) in [5.74, 6) is -2.67. The number of halogens is 2. The van der Waals surface area contributed by atoms with Crippen LogP contribution in [0, 0.1) is 0 Å². The molecule has 5 unspecified atom stereocenters. The van der Waals surface area contributed by atoms with Gasteiger partial charge in [0.2, 0.25) is 11.8 Å². The van der Waals surface area contributed by atoms with E-state index < -0.39 is 24.2 Å². The first-order chi connectivity index (χ1) is 14.3. The van der Waals surface area contributed by atoms with E-state index in [0.29, 0.717) is 32.4 Å². The van der Waals surface area contributed by atoms with E-state index in [1.165, 1.54) is 0 Å². The van der Waals surface area contributed by atoms with E-state index in [1.54, 1.807) is 10.9 Å². The highest BCUT2D eigenvalue weighted by atomic mass is 19.3. The summed E-state index contributed by atoms with van der Waals surface area (Å²) in [7, 11) is 1.82. The number of aliphatic hydroxyl groups excluding tert-OH is 1. The largest absolute Gasteiger partial charge is 0.388 e. The standard InChI is InChI=1S/C20H30F2N4O4/c1-26-11-12(9-25-26)8-24-17(27)7-14-6-15-19(29-14)18(28)16(30-15)10-23-13-2-4-20(21,22)5-3-13/h9,11,13-16,18-19,23,28H,2-8,10H2,1H3,(H,24,27). The summed E-state index contributed by atoms with van der Waals surface area (Å²) in [5.41, 5.74) is 0.922. The van der Waals surface area contributed by atoms with Crippen LogP contribution < -0.4 is 10.6 Å². The van der Waals surface area contributed by atoms with Gasteiger partial charge < -0.3 is 25.2 Å². The molecule has 3 heterocycles. The number of aliphatic hydroxyl groups is 1. The zero-order valence-electron chi connectivity index (χ0n) is 17.1. The van der Waals surface area contributed by atoms with Crippen LogP contribution in [0.5, 0.6) is 0 Å². The molecular weight excluding hydrogens is 398 g/mol. The Labute approximate surface area is 174 Å². The minimum absolute atomic E-state index is 0.0260. The van der Waals surface area contributed by atoms with Gasteiger partial charge in [0.25, 0.3) is 0 Å². The fourth-order valence-corrected chi connectivity index (χ4v) is 4.58. The fraction of sp³-hybridized carbons (Fsp3) is 0.800. The van der Waals surface area contributed by atoms with Gasteiger partial charge in [-0.3, -0.25) is 9.48 Å². The summed E-state index contributed by atoms with van der Waals surface area (Å²) in [6.07, 6.45) is 2.73. The number of hydrogen-bond acceptors (Lipinski definition) is 6. The van der Waals surface area contributed by atoms with Crippen LogP contribution in [0.25, 0.3) is 0 Å². The van der Waals surface area contributed by atoms with E-state index >= 15 is 0 Å². The summed E-state index contributed by atoms with van der Waals surface area (Å²) in [5, 5.41) is 20.7. The summed E-state index contributed by atoms with van der Waals surface area (Å²) in [6, 6.07) is 0.0260. The molecule has 4 rings (SSSR count). The number of alkyl halides is 2. The van der Waals surface area contributed by atoms with Crippen molar-refractivity contribution in [3.05, 3.63) is 18.0 Å². The summed E-state index contributed by atoms with van der Waals surface area (Å²) in [4.78, 5) is 12.2. The lowest BCUT2D eigenvalue weighted by Crippen LogP contribution is -2.44. The summed E-state index contributed by atoms with van der Waals surface area (Å²) < 4.78 is 40.0. The molecule has 10 heteroatoms. The number of hydrogen-bond donors (Lipinski definition) is 3. The number of ether oxygens (including phenoxy) is 2. The van der Waals surface area contributed by atoms with Crippen molar-refractivity contribution in [2.75, 3.05) is 6.54 Å². The zero-order valence-corrected chi connectivity index (χ0v) is 17.1. The molecule has 168 valence electrons. The maximum atomic E-state index is 13.3. The van der Waals surface area contributed by atoms with Crippen LogP contribution in [0.2, 0.25) is 0 Å². The van der Waals surface area contributed by atoms with Crippen LogP contribution in [0.4, 0.5) is 8.78 Å². The number of carbonyl (C=O) groups is 1. The average Bonchev–Trinajstić information content (AvgIpc) is 3.36. The molecule has 5 atom stereocenters. The van der Waals surface area contributed by atoms with Gasteiger partial charge in [-0.2, -0.15) is 5.10 Å². The molecule has 1 aromatic rings. The Morgan fingerprint density at radius 3 is 2.80 bits per heavy atom. The normalized spacial score (nSPS) is 33.5. The van der Waals surface area contributed by atoms with Crippen LogP contribution >= 0.6 is 0 Å². The van der Waals surface area contributed by atoms with Crippen LogP contribution in [0.15, 0.2) is 12.4 Å². The molecule has 2 aliphatic heterocycles. The van der Waals surface area contributed by atoms with E-state index in [4.69, 9.17) is 9.47 Å². The fourth-order valence-electron chi connectivity index (χ4n) is 4.58. The molecule has 1 amide bonds. The van der Waals surface area contributed by atoms with E-state index in [-0.39, 0.29) is 43.4 Å². The molecule has 1 aromatic heterocycles. The second-order valence-corrected chi connectivity index (χ2v) is 8.70. The van der Waals surface area contributed by atoms with Gasteiger partial charge in [-0.05, 0) is 12.8 Å². The maximum Gasteiger partial charge on any atom is 0.248 e. The zero-order chi connectivity index (χ0) is 21.3. The molecule has 0 spiro atoms. The number of carbonyl (C=O) groups excluding carboxylic acids is 1. The minimum Gasteiger partial charge on any atom is -0.388 e. The molecule has 0 radical (unpaired) electrons. The lowest BCUT2D eigenvalue weighted by Gasteiger charge is -2.30. The van der Waals surface area contributed by atoms with Crippen LogP contribution in [0.1, 0.15) is 44.1 Å². The summed E-state index contributed by atoms with van der Waals surface area (Å²) in [6.45, 7) is 0.816. The smallest absolute Gasteiger partial charge is 0.248 e. The molecule has 8 nitrogen and oxygen atoms in total. The van der Waals surface area contributed by atoms with Crippen LogP contribution in [0.3, 0.4) is 0 Å². The minimum atomic E-state index is -2.55. The van der Waals surface area contributed by atoms with Gasteiger partial charge in [0.05, 0.1) is 30.9 Å². The van der Waals surface area contributed by atoms with Gasteiger partial charge in [0.1, 0.15) is 12.2 Å². The van der Waals surface area contributed by atoms with Crippen LogP contribution in [-0.2, 0) is 27.9 Å². The first-order valence-electron chi connectivity index (χ1n) is 10.6. The first-order valence-corrected chi connectivity index (χ1v) is 10.6. The van der Waals surface area contributed by atoms with E-state index in [9.17, 15) is 18.7 Å². The lowest BCUT2D eigenvalue weighted by molar-refractivity contribution is -0.124. The number of aryl methyl sites for hydroxylation is 1. The molecule has 3 N–H and O–H groups in total. The highest BCUT2D eigenvalue weighted by molar-refractivity contribution is 5.76. The number of rotatable bonds is 7. The Balaban J connectivity index is 1.17. The SMILES string of the molecule is Cn1cc(CNC(=O)CC2CC3OC(CNC4CCC(F)(F)CC4)C(O)C3O2)cn1. The molecule has 3 aliphatic rings. The van der Waals surface area contributed by atoms with Crippen molar-refractivity contribution in [3.8, 4) is 0 Å². The first kappa shape index (κ1) is 21.6. The molecule has 1 saturated carbocycles. The van der Waals surface area contributed by atoms with Crippen molar-refractivity contribution in [2.45, 2.75) is 87.6 Å². The number of nitrogens with zero attached hydrogens (tertiary/aromatic N) is 2. The Bertz CT molecular complexity index is 736. The molecule has 1 aliphatic carbocycles. The van der Waals surface area contributed by atoms with Crippen molar-refractivity contribution >= 4 is 5.91 Å². The van der Waals surface area contributed by atoms with Gasteiger partial charge in [0.15, 0.2) is 0 Å². The van der Waals surface area contributed by atoms with Gasteiger partial charge in [-0.1, -0.05) is 0 Å². The molecule has 0 aromatic carbocycles. The third kappa shape index (κ3) is 5.16. The molecular formula is C20H30F2N4O4. The molecule has 30 heavy (non-hydrogen) atoms. The van der Waals surface area contributed by atoms with E-state index in [0.717, 1.165) is 5.56 Å². The second-order valence-electron chi connectivity index (χ2n) is 8.70. The number of aromatic nitrogens is 2. The Morgan fingerprint density at radius 1 is 1.37 bits per heavy atom. The van der Waals surface area contributed by atoms with Crippen molar-refractivity contribution < 1.29 is 28.2 Å². The molecule has 3 fully saturated rings. The van der Waals surface area contributed by atoms with Gasteiger partial charge in [-0.25, -0.2) is 8.78 Å². The highest BCUT2D eigenvalue weighted by Gasteiger charge is 2.50. The van der Waals surface area contributed by atoms with Crippen LogP contribution in [-0.4, -0.2) is 69.8 Å². The predicted octanol–water partition coefficient (Wildman–Crippen LogP) is 0.880. The highest BCUT2D eigenvalue weighted by Crippen LogP contribution is 2.36. The van der Waals surface area contributed by atoms with Crippen molar-refractivity contribution in [1.82, 2.24) is 20.4 Å². The van der Waals surface area contributed by atoms with Gasteiger partial charge in [-0.15, -0.1) is 0 Å². The topological polar surface area (TPSA) is 97.6 Å². The van der Waals surface area contributed by atoms with Crippen molar-refractivity contribution in [1.29, 1.82) is 0 Å². The molecule has 2 saturated heterocycles. The van der Waals surface area contributed by atoms with Gasteiger partial charge >= 0.3 is 0 Å². The van der Waals surface area contributed by atoms with Crippen molar-refractivity contribution in [2.24, 2.45) is 7.05 Å². The Morgan fingerprint density at radius 2 is 2.13 bits per heavy atom. The van der Waals surface area contributed by atoms with E-state index in [2.05, 4.69) is 15.7 Å². The molecule has 0 bridgehead atoms. The lowest BCUT2D eigenvalue weighted by atomic mass is 9.92. The quantitative estimate of drug-likeness (QED) is 0.597. The van der Waals surface area contributed by atoms with Crippen molar-refractivity contribution in [3.63, 3.8) is 0 Å². The van der Waals surface area contributed by atoms with Gasteiger partial charge in [0, 0.05) is 57.2 Å². The monoisotopic (exact) mass is 428 g/mol. The maximum absolute atomic E-state index is 13.3. The third-order valence-corrected chi connectivity index (χ3v) is 6.26.